The van der Waals surface area contributed by atoms with Crippen LogP contribution in [0.2, 0.25) is 0 Å². The molecule has 0 aromatic carbocycles. The van der Waals surface area contributed by atoms with Gasteiger partial charge in [-0.2, -0.15) is 5.10 Å². The van der Waals surface area contributed by atoms with E-state index in [1.807, 2.05) is 11.7 Å². The highest BCUT2D eigenvalue weighted by atomic mass is 127. The molecular weight excluding hydrogens is 457 g/mol. The Morgan fingerprint density at radius 1 is 1.37 bits per heavy atom. The topological polar surface area (TPSA) is 72.7 Å². The fourth-order valence-electron chi connectivity index (χ4n) is 3.15. The number of nitrogens with zero attached hydrogens (tertiary/aromatic N) is 3. The normalized spacial score (nSPS) is 17.0. The Bertz CT molecular complexity index is 571. The zero-order valence-corrected chi connectivity index (χ0v) is 19.5. The number of aryl methyl sites for hydroxylation is 2. The summed E-state index contributed by atoms with van der Waals surface area (Å²) in [6, 6.07) is 0. The Morgan fingerprint density at radius 3 is 2.81 bits per heavy atom. The van der Waals surface area contributed by atoms with E-state index in [0.29, 0.717) is 5.92 Å². The molecule has 0 radical (unpaired) electrons. The second-order valence-corrected chi connectivity index (χ2v) is 6.87. The average molecular weight is 493 g/mol. The lowest BCUT2D eigenvalue weighted by atomic mass is 10.1. The summed E-state index contributed by atoms with van der Waals surface area (Å²) in [5.41, 5.74) is 3.66. The number of hydrogen-bond acceptors (Lipinski definition) is 4. The van der Waals surface area contributed by atoms with Gasteiger partial charge in [0.2, 0.25) is 0 Å². The van der Waals surface area contributed by atoms with Gasteiger partial charge in [0.25, 0.3) is 0 Å². The van der Waals surface area contributed by atoms with Crippen molar-refractivity contribution in [3.63, 3.8) is 0 Å². The molecule has 1 aromatic rings. The van der Waals surface area contributed by atoms with Crippen molar-refractivity contribution in [1.29, 1.82) is 0 Å². The number of nitrogens with one attached hydrogen (secondary N) is 2. The molecule has 1 atom stereocenters. The number of rotatable bonds is 10. The summed E-state index contributed by atoms with van der Waals surface area (Å²) in [6.07, 6.45) is 3.01. The summed E-state index contributed by atoms with van der Waals surface area (Å²) >= 11 is 0. The summed E-state index contributed by atoms with van der Waals surface area (Å²) in [6.45, 7) is 12.0. The third-order valence-electron chi connectivity index (χ3n) is 4.76. The van der Waals surface area contributed by atoms with Crippen LogP contribution in [-0.4, -0.2) is 61.8 Å². The van der Waals surface area contributed by atoms with Crippen molar-refractivity contribution >= 4 is 29.9 Å². The molecule has 2 rings (SSSR count). The van der Waals surface area contributed by atoms with Crippen molar-refractivity contribution in [1.82, 2.24) is 20.4 Å². The maximum absolute atomic E-state index is 5.73. The van der Waals surface area contributed by atoms with Crippen molar-refractivity contribution in [2.45, 2.75) is 40.0 Å². The summed E-state index contributed by atoms with van der Waals surface area (Å²) < 4.78 is 13.0. The minimum Gasteiger partial charge on any atom is -0.381 e. The zero-order chi connectivity index (χ0) is 18.8. The Labute approximate surface area is 180 Å². The summed E-state index contributed by atoms with van der Waals surface area (Å²) in [5.74, 6) is 1.45. The number of hydrogen-bond donors (Lipinski definition) is 2. The number of aromatic nitrogens is 2. The van der Waals surface area contributed by atoms with E-state index >= 15 is 0 Å². The predicted octanol–water partition coefficient (Wildman–Crippen LogP) is 2.20. The lowest BCUT2D eigenvalue weighted by Gasteiger charge is -2.12. The predicted molar refractivity (Wildman–Crippen MR) is 120 cm³/mol. The van der Waals surface area contributed by atoms with Gasteiger partial charge in [-0.25, -0.2) is 0 Å². The quantitative estimate of drug-likeness (QED) is 0.226. The third-order valence-corrected chi connectivity index (χ3v) is 4.76. The van der Waals surface area contributed by atoms with Crippen LogP contribution in [0.15, 0.2) is 4.99 Å². The number of halogens is 1. The van der Waals surface area contributed by atoms with E-state index in [0.717, 1.165) is 77.0 Å². The summed E-state index contributed by atoms with van der Waals surface area (Å²) in [7, 11) is 1.99. The van der Waals surface area contributed by atoms with Gasteiger partial charge in [0.05, 0.1) is 18.9 Å². The molecule has 1 saturated heterocycles. The first kappa shape index (κ1) is 24.2. The van der Waals surface area contributed by atoms with Gasteiger partial charge in [-0.3, -0.25) is 9.67 Å². The second kappa shape index (κ2) is 13.3. The summed E-state index contributed by atoms with van der Waals surface area (Å²) in [4.78, 5) is 4.63. The average Bonchev–Trinajstić information content (AvgIpc) is 3.21. The van der Waals surface area contributed by atoms with Gasteiger partial charge in [0.1, 0.15) is 0 Å². The minimum atomic E-state index is 0. The molecule has 1 aliphatic rings. The van der Waals surface area contributed by atoms with Gasteiger partial charge in [-0.15, -0.1) is 24.0 Å². The first-order valence-electron chi connectivity index (χ1n) is 9.78. The number of ether oxygens (including phenoxy) is 2. The molecule has 7 nitrogen and oxygen atoms in total. The fraction of sp³-hybridized carbons (Fsp3) is 0.789. The first-order chi connectivity index (χ1) is 12.6. The first-order valence-corrected chi connectivity index (χ1v) is 9.78. The molecule has 2 N–H and O–H groups in total. The molecule has 1 aliphatic heterocycles. The minimum absolute atomic E-state index is 0. The highest BCUT2D eigenvalue weighted by molar-refractivity contribution is 14.0. The molecule has 1 fully saturated rings. The monoisotopic (exact) mass is 493 g/mol. The molecule has 2 heterocycles. The molecule has 156 valence electrons. The van der Waals surface area contributed by atoms with Crippen LogP contribution >= 0.6 is 24.0 Å². The van der Waals surface area contributed by atoms with Gasteiger partial charge in [-0.05, 0) is 45.6 Å². The SMILES string of the molecule is CCNC(=NCCCOCC1CCOC1)NCCc1c(C)nn(C)c1C.I. The van der Waals surface area contributed by atoms with E-state index in [9.17, 15) is 0 Å². The third kappa shape index (κ3) is 8.35. The van der Waals surface area contributed by atoms with Crippen LogP contribution in [0.25, 0.3) is 0 Å². The molecule has 1 unspecified atom stereocenters. The Balaban J connectivity index is 0.00000364. The molecule has 0 saturated carbocycles. The van der Waals surface area contributed by atoms with E-state index in [4.69, 9.17) is 9.47 Å². The maximum Gasteiger partial charge on any atom is 0.191 e. The molecule has 0 aliphatic carbocycles. The van der Waals surface area contributed by atoms with Gasteiger partial charge < -0.3 is 20.1 Å². The van der Waals surface area contributed by atoms with Crippen LogP contribution in [-0.2, 0) is 22.9 Å². The molecule has 0 bridgehead atoms. The standard InChI is InChI=1S/C19H35N5O2.HI/c1-5-20-19(21-9-6-11-25-13-17-8-12-26-14-17)22-10-7-18-15(2)23-24(4)16(18)3;/h17H,5-14H2,1-4H3,(H2,20,21,22);1H. The second-order valence-electron chi connectivity index (χ2n) is 6.87. The highest BCUT2D eigenvalue weighted by Gasteiger charge is 2.15. The number of guanidine groups is 1. The summed E-state index contributed by atoms with van der Waals surface area (Å²) in [5, 5.41) is 11.2. The van der Waals surface area contributed by atoms with Crippen LogP contribution in [0.1, 0.15) is 36.7 Å². The molecule has 1 aromatic heterocycles. The van der Waals surface area contributed by atoms with Crippen LogP contribution in [0.5, 0.6) is 0 Å². The Kier molecular flexibility index (Phi) is 11.9. The van der Waals surface area contributed by atoms with Gasteiger partial charge >= 0.3 is 0 Å². The molecule has 0 amide bonds. The van der Waals surface area contributed by atoms with E-state index in [2.05, 4.69) is 41.5 Å². The van der Waals surface area contributed by atoms with Crippen molar-refractivity contribution in [3.8, 4) is 0 Å². The van der Waals surface area contributed by atoms with Crippen molar-refractivity contribution in [2.24, 2.45) is 18.0 Å². The van der Waals surface area contributed by atoms with Crippen LogP contribution in [0, 0.1) is 19.8 Å². The lowest BCUT2D eigenvalue weighted by molar-refractivity contribution is 0.0893. The number of aliphatic imine (C=N–C) groups is 1. The molecule has 8 heteroatoms. The van der Waals surface area contributed by atoms with Crippen LogP contribution in [0.4, 0.5) is 0 Å². The molecule has 27 heavy (non-hydrogen) atoms. The van der Waals surface area contributed by atoms with Crippen LogP contribution in [0.3, 0.4) is 0 Å². The fourth-order valence-corrected chi connectivity index (χ4v) is 3.15. The Hall–Kier alpha value is -0.870. The molecular formula is C19H36IN5O2. The van der Waals surface area contributed by atoms with Gasteiger partial charge in [0, 0.05) is 51.5 Å². The van der Waals surface area contributed by atoms with E-state index in [-0.39, 0.29) is 24.0 Å². The van der Waals surface area contributed by atoms with Crippen molar-refractivity contribution in [2.75, 3.05) is 46.1 Å². The van der Waals surface area contributed by atoms with Crippen molar-refractivity contribution < 1.29 is 9.47 Å². The molecule has 0 spiro atoms. The van der Waals surface area contributed by atoms with E-state index in [1.54, 1.807) is 0 Å². The van der Waals surface area contributed by atoms with Gasteiger partial charge in [-0.1, -0.05) is 0 Å². The lowest BCUT2D eigenvalue weighted by Crippen LogP contribution is -2.38. The van der Waals surface area contributed by atoms with Gasteiger partial charge in [0.15, 0.2) is 5.96 Å². The largest absolute Gasteiger partial charge is 0.381 e. The van der Waals surface area contributed by atoms with Crippen molar-refractivity contribution in [3.05, 3.63) is 17.0 Å². The Morgan fingerprint density at radius 2 is 2.19 bits per heavy atom. The smallest absolute Gasteiger partial charge is 0.191 e. The van der Waals surface area contributed by atoms with E-state index < -0.39 is 0 Å². The van der Waals surface area contributed by atoms with Crippen LogP contribution < -0.4 is 10.6 Å². The highest BCUT2D eigenvalue weighted by Crippen LogP contribution is 2.12. The maximum atomic E-state index is 5.73. The zero-order valence-electron chi connectivity index (χ0n) is 17.2. The van der Waals surface area contributed by atoms with E-state index in [1.165, 1.54) is 11.3 Å².